The van der Waals surface area contributed by atoms with Crippen molar-refractivity contribution in [3.63, 3.8) is 0 Å². The molecule has 5 heteroatoms. The SMILES string of the molecule is CC(C)COC(=O)c1nccnc1N. The molecule has 0 radical (unpaired) electrons. The maximum Gasteiger partial charge on any atom is 0.360 e. The van der Waals surface area contributed by atoms with E-state index in [9.17, 15) is 4.79 Å². The average molecular weight is 195 g/mol. The topological polar surface area (TPSA) is 78.1 Å². The predicted octanol–water partition coefficient (Wildman–Crippen LogP) is 0.872. The van der Waals surface area contributed by atoms with Crippen LogP contribution in [0, 0.1) is 5.92 Å². The lowest BCUT2D eigenvalue weighted by molar-refractivity contribution is 0.0453. The van der Waals surface area contributed by atoms with Gasteiger partial charge in [0, 0.05) is 12.4 Å². The molecule has 0 aliphatic carbocycles. The maximum atomic E-state index is 11.4. The summed E-state index contributed by atoms with van der Waals surface area (Å²) in [6.45, 7) is 4.26. The number of rotatable bonds is 3. The van der Waals surface area contributed by atoms with E-state index in [1.54, 1.807) is 0 Å². The number of esters is 1. The summed E-state index contributed by atoms with van der Waals surface area (Å²) in [6, 6.07) is 0. The van der Waals surface area contributed by atoms with Gasteiger partial charge >= 0.3 is 5.97 Å². The lowest BCUT2D eigenvalue weighted by Crippen LogP contribution is -2.14. The fourth-order valence-electron chi connectivity index (χ4n) is 0.817. The smallest absolute Gasteiger partial charge is 0.360 e. The monoisotopic (exact) mass is 195 g/mol. The predicted molar refractivity (Wildman–Crippen MR) is 51.6 cm³/mol. The van der Waals surface area contributed by atoms with Crippen LogP contribution in [0.4, 0.5) is 5.82 Å². The lowest BCUT2D eigenvalue weighted by atomic mass is 10.2. The van der Waals surface area contributed by atoms with Crippen molar-refractivity contribution in [1.82, 2.24) is 9.97 Å². The van der Waals surface area contributed by atoms with E-state index in [2.05, 4.69) is 9.97 Å². The molecular formula is C9H13N3O2. The molecule has 2 N–H and O–H groups in total. The molecule has 1 aromatic rings. The largest absolute Gasteiger partial charge is 0.461 e. The highest BCUT2D eigenvalue weighted by Crippen LogP contribution is 2.05. The number of carbonyl (C=O) groups excluding carboxylic acids is 1. The first kappa shape index (κ1) is 10.4. The Morgan fingerprint density at radius 3 is 2.71 bits per heavy atom. The number of ether oxygens (including phenoxy) is 1. The molecule has 0 aliphatic rings. The zero-order chi connectivity index (χ0) is 10.6. The first-order valence-corrected chi connectivity index (χ1v) is 4.35. The number of nitrogen functional groups attached to an aromatic ring is 1. The molecule has 0 bridgehead atoms. The Labute approximate surface area is 82.3 Å². The summed E-state index contributed by atoms with van der Waals surface area (Å²) in [5.74, 6) is -0.137. The van der Waals surface area contributed by atoms with Crippen LogP contribution in [-0.2, 0) is 4.74 Å². The van der Waals surface area contributed by atoms with E-state index < -0.39 is 5.97 Å². The van der Waals surface area contributed by atoms with Gasteiger partial charge in [-0.15, -0.1) is 0 Å². The number of nitrogens with two attached hydrogens (primary N) is 1. The van der Waals surface area contributed by atoms with Crippen molar-refractivity contribution in [2.75, 3.05) is 12.3 Å². The zero-order valence-electron chi connectivity index (χ0n) is 8.23. The second-order valence-electron chi connectivity index (χ2n) is 3.28. The van der Waals surface area contributed by atoms with E-state index in [1.165, 1.54) is 12.4 Å². The molecule has 76 valence electrons. The van der Waals surface area contributed by atoms with Gasteiger partial charge in [0.2, 0.25) is 0 Å². The van der Waals surface area contributed by atoms with Crippen LogP contribution in [0.25, 0.3) is 0 Å². The molecule has 14 heavy (non-hydrogen) atoms. The molecule has 5 nitrogen and oxygen atoms in total. The van der Waals surface area contributed by atoms with E-state index in [4.69, 9.17) is 10.5 Å². The van der Waals surface area contributed by atoms with Crippen LogP contribution in [0.3, 0.4) is 0 Å². The van der Waals surface area contributed by atoms with Gasteiger partial charge in [-0.2, -0.15) is 0 Å². The highest BCUT2D eigenvalue weighted by molar-refractivity contribution is 5.91. The summed E-state index contributed by atoms with van der Waals surface area (Å²) < 4.78 is 4.95. The Morgan fingerprint density at radius 1 is 1.50 bits per heavy atom. The van der Waals surface area contributed by atoms with Gasteiger partial charge in [-0.25, -0.2) is 14.8 Å². The van der Waals surface area contributed by atoms with Crippen LogP contribution in [0.2, 0.25) is 0 Å². The molecular weight excluding hydrogens is 182 g/mol. The van der Waals surface area contributed by atoms with E-state index in [0.29, 0.717) is 6.61 Å². The fraction of sp³-hybridized carbons (Fsp3) is 0.444. The Bertz CT molecular complexity index is 326. The van der Waals surface area contributed by atoms with E-state index >= 15 is 0 Å². The Kier molecular flexibility index (Phi) is 3.39. The molecule has 1 heterocycles. The maximum absolute atomic E-state index is 11.4. The van der Waals surface area contributed by atoms with Gasteiger partial charge < -0.3 is 10.5 Å². The minimum Gasteiger partial charge on any atom is -0.461 e. The molecule has 0 unspecified atom stereocenters. The zero-order valence-corrected chi connectivity index (χ0v) is 8.23. The number of aromatic nitrogens is 2. The standard InChI is InChI=1S/C9H13N3O2/c1-6(2)5-14-9(13)7-8(10)12-4-3-11-7/h3-4,6H,5H2,1-2H3,(H2,10,12). The van der Waals surface area contributed by atoms with Gasteiger partial charge in [-0.05, 0) is 5.92 Å². The van der Waals surface area contributed by atoms with E-state index in [0.717, 1.165) is 0 Å². The number of hydrogen-bond donors (Lipinski definition) is 1. The van der Waals surface area contributed by atoms with Crippen molar-refractivity contribution in [3.05, 3.63) is 18.1 Å². The van der Waals surface area contributed by atoms with Gasteiger partial charge in [-0.3, -0.25) is 0 Å². The van der Waals surface area contributed by atoms with Crippen molar-refractivity contribution < 1.29 is 9.53 Å². The number of hydrogen-bond acceptors (Lipinski definition) is 5. The third kappa shape index (κ3) is 2.69. The molecule has 1 rings (SSSR count). The van der Waals surface area contributed by atoms with Crippen LogP contribution in [0.5, 0.6) is 0 Å². The molecule has 1 aromatic heterocycles. The highest BCUT2D eigenvalue weighted by Gasteiger charge is 2.13. The van der Waals surface area contributed by atoms with Crippen molar-refractivity contribution in [1.29, 1.82) is 0 Å². The minimum atomic E-state index is -0.524. The second kappa shape index (κ2) is 4.55. The van der Waals surface area contributed by atoms with Gasteiger partial charge in [0.05, 0.1) is 6.61 Å². The summed E-state index contributed by atoms with van der Waals surface area (Å²) in [5.41, 5.74) is 5.53. The van der Waals surface area contributed by atoms with Crippen LogP contribution in [0.15, 0.2) is 12.4 Å². The first-order valence-electron chi connectivity index (χ1n) is 4.35. The molecule has 0 amide bonds. The first-order chi connectivity index (χ1) is 6.61. The van der Waals surface area contributed by atoms with Crippen molar-refractivity contribution in [2.45, 2.75) is 13.8 Å². The van der Waals surface area contributed by atoms with Gasteiger partial charge in [0.25, 0.3) is 0 Å². The number of nitrogens with zero attached hydrogens (tertiary/aromatic N) is 2. The van der Waals surface area contributed by atoms with Gasteiger partial charge in [0.1, 0.15) is 0 Å². The fourth-order valence-corrected chi connectivity index (χ4v) is 0.817. The molecule has 0 saturated heterocycles. The quantitative estimate of drug-likeness (QED) is 0.724. The number of anilines is 1. The van der Waals surface area contributed by atoms with Gasteiger partial charge in [-0.1, -0.05) is 13.8 Å². The van der Waals surface area contributed by atoms with Crippen LogP contribution in [-0.4, -0.2) is 22.5 Å². The summed E-state index contributed by atoms with van der Waals surface area (Å²) in [7, 11) is 0. The van der Waals surface area contributed by atoms with Gasteiger partial charge in [0.15, 0.2) is 11.5 Å². The van der Waals surface area contributed by atoms with E-state index in [-0.39, 0.29) is 17.4 Å². The van der Waals surface area contributed by atoms with E-state index in [1.807, 2.05) is 13.8 Å². The summed E-state index contributed by atoms with van der Waals surface area (Å²) in [4.78, 5) is 18.9. The van der Waals surface area contributed by atoms with Crippen molar-refractivity contribution in [2.24, 2.45) is 5.92 Å². The molecule has 0 aliphatic heterocycles. The summed E-state index contributed by atoms with van der Waals surface area (Å²) >= 11 is 0. The lowest BCUT2D eigenvalue weighted by Gasteiger charge is -2.06. The highest BCUT2D eigenvalue weighted by atomic mass is 16.5. The Balaban J connectivity index is 2.65. The van der Waals surface area contributed by atoms with Crippen LogP contribution < -0.4 is 5.73 Å². The molecule has 0 atom stereocenters. The Hall–Kier alpha value is -1.65. The van der Waals surface area contributed by atoms with Crippen molar-refractivity contribution in [3.8, 4) is 0 Å². The van der Waals surface area contributed by atoms with Crippen LogP contribution >= 0.6 is 0 Å². The molecule has 0 saturated carbocycles. The Morgan fingerprint density at radius 2 is 2.14 bits per heavy atom. The summed E-state index contributed by atoms with van der Waals surface area (Å²) in [6.07, 6.45) is 2.83. The molecule has 0 spiro atoms. The molecule has 0 fully saturated rings. The second-order valence-corrected chi connectivity index (χ2v) is 3.28. The van der Waals surface area contributed by atoms with Crippen molar-refractivity contribution >= 4 is 11.8 Å². The number of carbonyl (C=O) groups is 1. The molecule has 0 aromatic carbocycles. The third-order valence-electron chi connectivity index (χ3n) is 1.47. The third-order valence-corrected chi connectivity index (χ3v) is 1.47. The minimum absolute atomic E-state index is 0.0770. The van der Waals surface area contributed by atoms with Crippen LogP contribution in [0.1, 0.15) is 24.3 Å². The summed E-state index contributed by atoms with van der Waals surface area (Å²) in [5, 5.41) is 0. The normalized spacial score (nSPS) is 10.2. The average Bonchev–Trinajstić information content (AvgIpc) is 2.15.